The van der Waals surface area contributed by atoms with Crippen LogP contribution in [0.25, 0.3) is 0 Å². The van der Waals surface area contributed by atoms with E-state index in [0.717, 1.165) is 24.7 Å². The van der Waals surface area contributed by atoms with Crippen molar-refractivity contribution in [2.45, 2.75) is 25.1 Å². The fourth-order valence-corrected chi connectivity index (χ4v) is 2.65. The molecule has 1 aromatic carbocycles. The Kier molecular flexibility index (Phi) is 8.14. The monoisotopic (exact) mass is 253 g/mol. The van der Waals surface area contributed by atoms with Crippen molar-refractivity contribution in [3.8, 4) is 0 Å². The maximum absolute atomic E-state index is 5.23. The molecule has 3 heteroatoms. The zero-order valence-electron chi connectivity index (χ0n) is 10.8. The van der Waals surface area contributed by atoms with Crippen LogP contribution < -0.4 is 5.32 Å². The highest BCUT2D eigenvalue weighted by Gasteiger charge is 2.06. The van der Waals surface area contributed by atoms with Crippen LogP contribution in [0.3, 0.4) is 0 Å². The van der Waals surface area contributed by atoms with Crippen LogP contribution in [0.4, 0.5) is 0 Å². The molecule has 0 aromatic heterocycles. The predicted molar refractivity (Wildman–Crippen MR) is 76.6 cm³/mol. The quantitative estimate of drug-likeness (QED) is 0.731. The van der Waals surface area contributed by atoms with E-state index < -0.39 is 0 Å². The number of rotatable bonds is 9. The Labute approximate surface area is 109 Å². The minimum Gasteiger partial charge on any atom is -0.383 e. The first-order valence-electron chi connectivity index (χ1n) is 6.20. The number of nitrogens with one attached hydrogen (secondary N) is 1. The van der Waals surface area contributed by atoms with Crippen LogP contribution in [0.5, 0.6) is 0 Å². The summed E-state index contributed by atoms with van der Waals surface area (Å²) in [5.74, 6) is 2.18. The van der Waals surface area contributed by atoms with Crippen LogP contribution in [0.15, 0.2) is 30.3 Å². The molecule has 0 aliphatic rings. The third-order valence-electron chi connectivity index (χ3n) is 2.48. The van der Waals surface area contributed by atoms with Crippen molar-refractivity contribution in [2.24, 2.45) is 0 Å². The smallest absolute Gasteiger partial charge is 0.0623 e. The van der Waals surface area contributed by atoms with Crippen LogP contribution >= 0.6 is 11.8 Å². The third kappa shape index (κ3) is 6.71. The number of thioether (sulfide) groups is 1. The molecule has 96 valence electrons. The Morgan fingerprint density at radius 1 is 1.29 bits per heavy atom. The molecule has 0 saturated heterocycles. The Morgan fingerprint density at radius 2 is 2.06 bits per heavy atom. The van der Waals surface area contributed by atoms with E-state index in [1.807, 2.05) is 11.8 Å². The third-order valence-corrected chi connectivity index (χ3v) is 3.66. The van der Waals surface area contributed by atoms with Gasteiger partial charge in [0, 0.05) is 24.7 Å². The molecule has 1 atom stereocenters. The van der Waals surface area contributed by atoms with E-state index in [2.05, 4.69) is 42.6 Å². The zero-order chi connectivity index (χ0) is 12.3. The van der Waals surface area contributed by atoms with Crippen molar-refractivity contribution in [1.29, 1.82) is 0 Å². The highest BCUT2D eigenvalue weighted by Crippen LogP contribution is 2.12. The molecule has 0 spiro atoms. The molecule has 0 bridgehead atoms. The SMILES string of the molecule is CCCNC(COC)CSCc1ccccc1. The Balaban J connectivity index is 2.22. The fourth-order valence-electron chi connectivity index (χ4n) is 1.61. The lowest BCUT2D eigenvalue weighted by Crippen LogP contribution is -2.35. The summed E-state index contributed by atoms with van der Waals surface area (Å²) >= 11 is 1.96. The number of methoxy groups -OCH3 is 1. The second kappa shape index (κ2) is 9.51. The lowest BCUT2D eigenvalue weighted by molar-refractivity contribution is 0.174. The summed E-state index contributed by atoms with van der Waals surface area (Å²) in [7, 11) is 1.77. The van der Waals surface area contributed by atoms with Crippen LogP contribution in [-0.4, -0.2) is 32.1 Å². The maximum Gasteiger partial charge on any atom is 0.0623 e. The molecule has 2 nitrogen and oxygen atoms in total. The highest BCUT2D eigenvalue weighted by atomic mass is 32.2. The first-order valence-corrected chi connectivity index (χ1v) is 7.36. The predicted octanol–water partition coefficient (Wildman–Crippen LogP) is 2.93. The molecular formula is C14H23NOS. The van der Waals surface area contributed by atoms with E-state index in [1.165, 1.54) is 12.0 Å². The van der Waals surface area contributed by atoms with Crippen molar-refractivity contribution in [1.82, 2.24) is 5.32 Å². The fraction of sp³-hybridized carbons (Fsp3) is 0.571. The van der Waals surface area contributed by atoms with E-state index >= 15 is 0 Å². The second-order valence-electron chi connectivity index (χ2n) is 4.11. The first kappa shape index (κ1) is 14.6. The average Bonchev–Trinajstić information content (AvgIpc) is 2.37. The molecule has 0 fully saturated rings. The average molecular weight is 253 g/mol. The van der Waals surface area contributed by atoms with Crippen LogP contribution in [0.2, 0.25) is 0 Å². The largest absolute Gasteiger partial charge is 0.383 e. The van der Waals surface area contributed by atoms with Gasteiger partial charge in [-0.1, -0.05) is 37.3 Å². The van der Waals surface area contributed by atoms with Gasteiger partial charge in [0.25, 0.3) is 0 Å². The van der Waals surface area contributed by atoms with Gasteiger partial charge in [-0.15, -0.1) is 0 Å². The summed E-state index contributed by atoms with van der Waals surface area (Å²) in [6, 6.07) is 11.1. The van der Waals surface area contributed by atoms with E-state index in [0.29, 0.717) is 6.04 Å². The van der Waals surface area contributed by atoms with Gasteiger partial charge in [-0.2, -0.15) is 11.8 Å². The molecule has 1 unspecified atom stereocenters. The topological polar surface area (TPSA) is 21.3 Å². The van der Waals surface area contributed by atoms with E-state index in [1.54, 1.807) is 7.11 Å². The molecule has 1 aromatic rings. The van der Waals surface area contributed by atoms with Gasteiger partial charge in [-0.3, -0.25) is 0 Å². The Hall–Kier alpha value is -0.510. The van der Waals surface area contributed by atoms with Gasteiger partial charge >= 0.3 is 0 Å². The number of hydrogen-bond acceptors (Lipinski definition) is 3. The standard InChI is InChI=1S/C14H23NOS/c1-3-9-15-14(10-16-2)12-17-11-13-7-5-4-6-8-13/h4-8,14-15H,3,9-12H2,1-2H3. The normalized spacial score (nSPS) is 12.6. The molecule has 0 aliphatic heterocycles. The number of benzene rings is 1. The molecule has 0 amide bonds. The summed E-state index contributed by atoms with van der Waals surface area (Å²) in [6.07, 6.45) is 1.17. The van der Waals surface area contributed by atoms with Gasteiger partial charge in [0.15, 0.2) is 0 Å². The second-order valence-corrected chi connectivity index (χ2v) is 5.14. The Bertz CT molecular complexity index is 279. The van der Waals surface area contributed by atoms with Crippen molar-refractivity contribution in [2.75, 3.05) is 26.0 Å². The zero-order valence-corrected chi connectivity index (χ0v) is 11.6. The lowest BCUT2D eigenvalue weighted by atomic mass is 10.2. The van der Waals surface area contributed by atoms with Crippen molar-refractivity contribution >= 4 is 11.8 Å². The van der Waals surface area contributed by atoms with Gasteiger partial charge in [0.05, 0.1) is 6.61 Å². The van der Waals surface area contributed by atoms with Crippen molar-refractivity contribution in [3.63, 3.8) is 0 Å². The Morgan fingerprint density at radius 3 is 2.71 bits per heavy atom. The molecule has 0 saturated carbocycles. The highest BCUT2D eigenvalue weighted by molar-refractivity contribution is 7.98. The molecule has 1 rings (SSSR count). The van der Waals surface area contributed by atoms with E-state index in [4.69, 9.17) is 4.74 Å². The van der Waals surface area contributed by atoms with Crippen LogP contribution in [-0.2, 0) is 10.5 Å². The molecule has 0 heterocycles. The minimum atomic E-state index is 0.466. The summed E-state index contributed by atoms with van der Waals surface area (Å²) in [6.45, 7) is 4.05. The van der Waals surface area contributed by atoms with E-state index in [9.17, 15) is 0 Å². The first-order chi connectivity index (χ1) is 8.36. The van der Waals surface area contributed by atoms with Gasteiger partial charge in [-0.25, -0.2) is 0 Å². The number of hydrogen-bond donors (Lipinski definition) is 1. The van der Waals surface area contributed by atoms with Gasteiger partial charge in [-0.05, 0) is 18.5 Å². The number of ether oxygens (including phenoxy) is 1. The molecular weight excluding hydrogens is 230 g/mol. The summed E-state index contributed by atoms with van der Waals surface area (Å²) < 4.78 is 5.23. The lowest BCUT2D eigenvalue weighted by Gasteiger charge is -2.17. The van der Waals surface area contributed by atoms with Gasteiger partial charge in [0.1, 0.15) is 0 Å². The van der Waals surface area contributed by atoms with Gasteiger partial charge < -0.3 is 10.1 Å². The summed E-state index contributed by atoms with van der Waals surface area (Å²) in [4.78, 5) is 0. The molecule has 17 heavy (non-hydrogen) atoms. The molecule has 0 aliphatic carbocycles. The van der Waals surface area contributed by atoms with Crippen LogP contribution in [0, 0.1) is 0 Å². The minimum absolute atomic E-state index is 0.466. The maximum atomic E-state index is 5.23. The van der Waals surface area contributed by atoms with Gasteiger partial charge in [0.2, 0.25) is 0 Å². The molecule has 1 N–H and O–H groups in total. The van der Waals surface area contributed by atoms with Crippen molar-refractivity contribution < 1.29 is 4.74 Å². The summed E-state index contributed by atoms with van der Waals surface area (Å²) in [5.41, 5.74) is 1.39. The van der Waals surface area contributed by atoms with E-state index in [-0.39, 0.29) is 0 Å². The van der Waals surface area contributed by atoms with Crippen molar-refractivity contribution in [3.05, 3.63) is 35.9 Å². The van der Waals surface area contributed by atoms with Crippen LogP contribution in [0.1, 0.15) is 18.9 Å². The summed E-state index contributed by atoms with van der Waals surface area (Å²) in [5, 5.41) is 3.51. The molecule has 0 radical (unpaired) electrons.